The van der Waals surface area contributed by atoms with E-state index in [4.69, 9.17) is 0 Å². The quantitative estimate of drug-likeness (QED) is 0.847. The Morgan fingerprint density at radius 2 is 2.09 bits per heavy atom. The first-order chi connectivity index (χ1) is 11.0. The fraction of sp³-hybridized carbons (Fsp3) is 0.429. The minimum absolute atomic E-state index is 0.102. The van der Waals surface area contributed by atoms with Crippen LogP contribution in [0.4, 0.5) is 8.78 Å². The lowest BCUT2D eigenvalue weighted by Crippen LogP contribution is -2.41. The third kappa shape index (κ3) is 3.40. The van der Waals surface area contributed by atoms with Crippen LogP contribution in [0.1, 0.15) is 12.8 Å². The molecule has 1 saturated heterocycles. The fourth-order valence-corrected chi connectivity index (χ4v) is 4.34. The van der Waals surface area contributed by atoms with Crippen molar-refractivity contribution < 1.29 is 17.2 Å². The fourth-order valence-electron chi connectivity index (χ4n) is 2.77. The predicted octanol–water partition coefficient (Wildman–Crippen LogP) is 1.66. The van der Waals surface area contributed by atoms with Gasteiger partial charge in [-0.2, -0.15) is 9.40 Å². The summed E-state index contributed by atoms with van der Waals surface area (Å²) >= 11 is 0. The Balaban J connectivity index is 1.77. The van der Waals surface area contributed by atoms with Gasteiger partial charge in [-0.3, -0.25) is 4.68 Å². The number of aromatic nitrogens is 3. The summed E-state index contributed by atoms with van der Waals surface area (Å²) in [5.41, 5.74) is 0. The van der Waals surface area contributed by atoms with E-state index in [-0.39, 0.29) is 10.8 Å². The van der Waals surface area contributed by atoms with Gasteiger partial charge in [0.2, 0.25) is 10.0 Å². The van der Waals surface area contributed by atoms with Crippen LogP contribution < -0.4 is 0 Å². The molecule has 1 aromatic heterocycles. The lowest BCUT2D eigenvalue weighted by molar-refractivity contribution is 0.239. The molecule has 2 heterocycles. The van der Waals surface area contributed by atoms with Crippen LogP contribution in [-0.2, 0) is 16.6 Å². The lowest BCUT2D eigenvalue weighted by Gasteiger charge is -2.31. The van der Waals surface area contributed by atoms with Crippen LogP contribution >= 0.6 is 0 Å². The molecular formula is C14H16F2N4O2S. The lowest BCUT2D eigenvalue weighted by atomic mass is 10.00. The maximum atomic E-state index is 13.3. The number of piperidine rings is 1. The van der Waals surface area contributed by atoms with E-state index in [1.165, 1.54) is 10.6 Å². The molecule has 0 amide bonds. The van der Waals surface area contributed by atoms with Crippen LogP contribution in [0.3, 0.4) is 0 Å². The number of hydrogen-bond donors (Lipinski definition) is 0. The molecule has 0 spiro atoms. The Kier molecular flexibility index (Phi) is 4.40. The van der Waals surface area contributed by atoms with Gasteiger partial charge in [-0.1, -0.05) is 0 Å². The summed E-state index contributed by atoms with van der Waals surface area (Å²) in [5.74, 6) is -2.13. The van der Waals surface area contributed by atoms with Crippen molar-refractivity contribution in [1.82, 2.24) is 19.1 Å². The number of nitrogens with zero attached hydrogens (tertiary/aromatic N) is 4. The third-order valence-corrected chi connectivity index (χ3v) is 5.78. The van der Waals surface area contributed by atoms with Crippen molar-refractivity contribution >= 4 is 10.0 Å². The van der Waals surface area contributed by atoms with E-state index < -0.39 is 21.7 Å². The first kappa shape index (κ1) is 16.0. The van der Waals surface area contributed by atoms with Gasteiger partial charge in [0.05, 0.1) is 4.90 Å². The third-order valence-electron chi connectivity index (χ3n) is 3.92. The molecule has 3 rings (SSSR count). The molecule has 1 atom stereocenters. The molecule has 23 heavy (non-hydrogen) atoms. The van der Waals surface area contributed by atoms with Crippen LogP contribution in [0.25, 0.3) is 0 Å². The zero-order valence-electron chi connectivity index (χ0n) is 12.3. The van der Waals surface area contributed by atoms with Crippen molar-refractivity contribution in [2.45, 2.75) is 24.3 Å². The zero-order chi connectivity index (χ0) is 16.4. The SMILES string of the molecule is O=S(=O)(c1ccc(F)c(F)c1)N1CCC[C@@H](Cn2cncn2)C1. The standard InChI is InChI=1S/C14H16F2N4O2S/c15-13-4-3-12(6-14(13)16)23(21,22)20-5-1-2-11(8-20)7-19-10-17-9-18-19/h3-4,6,9-11H,1-2,5,7-8H2/t11-/m0/s1. The topological polar surface area (TPSA) is 68.1 Å². The van der Waals surface area contributed by atoms with E-state index in [0.29, 0.717) is 26.1 Å². The van der Waals surface area contributed by atoms with E-state index in [0.717, 1.165) is 24.6 Å². The Labute approximate surface area is 132 Å². The first-order valence-corrected chi connectivity index (χ1v) is 8.68. The summed E-state index contributed by atoms with van der Waals surface area (Å²) in [6, 6.07) is 2.65. The highest BCUT2D eigenvalue weighted by Crippen LogP contribution is 2.25. The van der Waals surface area contributed by atoms with Gasteiger partial charge in [0.25, 0.3) is 0 Å². The van der Waals surface area contributed by atoms with Crippen LogP contribution in [0.2, 0.25) is 0 Å². The molecular weight excluding hydrogens is 326 g/mol. The van der Waals surface area contributed by atoms with Gasteiger partial charge in [-0.15, -0.1) is 0 Å². The van der Waals surface area contributed by atoms with Gasteiger partial charge in [-0.05, 0) is 37.0 Å². The Bertz CT molecular complexity index is 780. The van der Waals surface area contributed by atoms with Crippen molar-refractivity contribution in [3.05, 3.63) is 42.5 Å². The number of hydrogen-bond acceptors (Lipinski definition) is 4. The maximum absolute atomic E-state index is 13.3. The minimum Gasteiger partial charge on any atom is -0.253 e. The average molecular weight is 342 g/mol. The van der Waals surface area contributed by atoms with Gasteiger partial charge < -0.3 is 0 Å². The second-order valence-corrected chi connectivity index (χ2v) is 7.50. The summed E-state index contributed by atoms with van der Waals surface area (Å²) in [5, 5.41) is 4.02. The number of halogens is 2. The Morgan fingerprint density at radius 3 is 2.78 bits per heavy atom. The highest BCUT2D eigenvalue weighted by Gasteiger charge is 2.31. The molecule has 0 bridgehead atoms. The van der Waals surface area contributed by atoms with Gasteiger partial charge in [0, 0.05) is 19.6 Å². The van der Waals surface area contributed by atoms with E-state index in [1.807, 2.05) is 0 Å². The molecule has 0 radical (unpaired) electrons. The largest absolute Gasteiger partial charge is 0.253 e. The second-order valence-electron chi connectivity index (χ2n) is 5.56. The van der Waals surface area contributed by atoms with Gasteiger partial charge >= 0.3 is 0 Å². The number of benzene rings is 1. The summed E-state index contributed by atoms with van der Waals surface area (Å²) < 4.78 is 54.5. The number of rotatable bonds is 4. The van der Waals surface area contributed by atoms with E-state index in [1.54, 1.807) is 11.0 Å². The molecule has 0 saturated carbocycles. The van der Waals surface area contributed by atoms with Gasteiger partial charge in [-0.25, -0.2) is 22.2 Å². The molecule has 2 aromatic rings. The summed E-state index contributed by atoms with van der Waals surface area (Å²) in [6.45, 7) is 1.26. The maximum Gasteiger partial charge on any atom is 0.243 e. The van der Waals surface area contributed by atoms with Crippen molar-refractivity contribution in [3.8, 4) is 0 Å². The normalized spacial score (nSPS) is 19.8. The van der Waals surface area contributed by atoms with Crippen LogP contribution in [-0.4, -0.2) is 40.6 Å². The second kappa shape index (κ2) is 6.32. The molecule has 1 aliphatic heterocycles. The van der Waals surface area contributed by atoms with Gasteiger partial charge in [0.1, 0.15) is 12.7 Å². The molecule has 0 N–H and O–H groups in total. The monoisotopic (exact) mass is 342 g/mol. The molecule has 1 fully saturated rings. The summed E-state index contributed by atoms with van der Waals surface area (Å²) in [4.78, 5) is 3.64. The molecule has 9 heteroatoms. The van der Waals surface area contributed by atoms with Crippen LogP contribution in [0, 0.1) is 17.6 Å². The predicted molar refractivity (Wildman–Crippen MR) is 77.9 cm³/mol. The van der Waals surface area contributed by atoms with Crippen LogP contribution in [0.5, 0.6) is 0 Å². The van der Waals surface area contributed by atoms with E-state index in [9.17, 15) is 17.2 Å². The Morgan fingerprint density at radius 1 is 1.26 bits per heavy atom. The smallest absolute Gasteiger partial charge is 0.243 e. The van der Waals surface area contributed by atoms with Crippen molar-refractivity contribution in [3.63, 3.8) is 0 Å². The Hall–Kier alpha value is -1.87. The van der Waals surface area contributed by atoms with E-state index in [2.05, 4.69) is 10.1 Å². The summed E-state index contributed by atoms with van der Waals surface area (Å²) in [7, 11) is -3.83. The highest BCUT2D eigenvalue weighted by atomic mass is 32.2. The van der Waals surface area contributed by atoms with Gasteiger partial charge in [0.15, 0.2) is 11.6 Å². The molecule has 1 aliphatic rings. The summed E-state index contributed by atoms with van der Waals surface area (Å²) in [6.07, 6.45) is 4.60. The molecule has 6 nitrogen and oxygen atoms in total. The average Bonchev–Trinajstić information content (AvgIpc) is 3.03. The van der Waals surface area contributed by atoms with E-state index >= 15 is 0 Å². The van der Waals surface area contributed by atoms with Crippen molar-refractivity contribution in [1.29, 1.82) is 0 Å². The molecule has 1 aromatic carbocycles. The highest BCUT2D eigenvalue weighted by molar-refractivity contribution is 7.89. The minimum atomic E-state index is -3.83. The molecule has 0 unspecified atom stereocenters. The number of sulfonamides is 1. The van der Waals surface area contributed by atoms with Crippen molar-refractivity contribution in [2.24, 2.45) is 5.92 Å². The first-order valence-electron chi connectivity index (χ1n) is 7.24. The zero-order valence-corrected chi connectivity index (χ0v) is 13.1. The van der Waals surface area contributed by atoms with Crippen LogP contribution in [0.15, 0.2) is 35.7 Å². The van der Waals surface area contributed by atoms with Crippen molar-refractivity contribution in [2.75, 3.05) is 13.1 Å². The molecule has 124 valence electrons. The molecule has 0 aliphatic carbocycles.